The highest BCUT2D eigenvalue weighted by Gasteiger charge is 2.30. The molecule has 0 amide bonds. The van der Waals surface area contributed by atoms with Crippen molar-refractivity contribution in [3.63, 3.8) is 0 Å². The Morgan fingerprint density at radius 1 is 0.296 bits per heavy atom. The van der Waals surface area contributed by atoms with Crippen molar-refractivity contribution in [2.75, 3.05) is 39.6 Å². The molecule has 3 unspecified atom stereocenters. The third kappa shape index (κ3) is 71.1. The van der Waals surface area contributed by atoms with Crippen molar-refractivity contribution in [3.8, 4) is 0 Å². The predicted molar refractivity (Wildman–Crippen MR) is 400 cm³/mol. The van der Waals surface area contributed by atoms with Crippen molar-refractivity contribution < 1.29 is 80.2 Å². The molecule has 0 saturated heterocycles. The van der Waals surface area contributed by atoms with E-state index in [9.17, 15) is 43.2 Å². The summed E-state index contributed by atoms with van der Waals surface area (Å²) in [5.74, 6) is 0.246. The molecular formula is C79H154O17P2. The van der Waals surface area contributed by atoms with Crippen molar-refractivity contribution in [2.45, 2.75) is 426 Å². The van der Waals surface area contributed by atoms with Gasteiger partial charge in [-0.1, -0.05) is 357 Å². The van der Waals surface area contributed by atoms with Crippen LogP contribution in [0.5, 0.6) is 0 Å². The SMILES string of the molecule is CCCCCCCCCCCCCCCC(=O)O[C@H](COC(=O)CCCCCCCCCCC(C)CC)COP(=O)(O)OC[C@H](O)COP(=O)(O)OC[C@@H](COC(=O)CCCCCCCCCCCCCC(C)C)OC(=O)CCCCCCCCCCCCCCCCCCC(C)C. The van der Waals surface area contributed by atoms with Crippen molar-refractivity contribution >= 4 is 39.5 Å². The van der Waals surface area contributed by atoms with E-state index >= 15 is 0 Å². The maximum Gasteiger partial charge on any atom is 0.472 e. The molecule has 19 heteroatoms. The Balaban J connectivity index is 5.26. The lowest BCUT2D eigenvalue weighted by atomic mass is 9.99. The summed E-state index contributed by atoms with van der Waals surface area (Å²) < 4.78 is 68.7. The van der Waals surface area contributed by atoms with Crippen molar-refractivity contribution in [1.82, 2.24) is 0 Å². The Morgan fingerprint density at radius 3 is 0.776 bits per heavy atom. The van der Waals surface area contributed by atoms with Crippen LogP contribution in [0.2, 0.25) is 0 Å². The molecule has 0 rings (SSSR count). The van der Waals surface area contributed by atoms with Crippen LogP contribution in [0.25, 0.3) is 0 Å². The van der Waals surface area contributed by atoms with Crippen LogP contribution >= 0.6 is 15.6 Å². The molecule has 0 heterocycles. The normalized spacial score (nSPS) is 14.3. The Labute approximate surface area is 600 Å². The summed E-state index contributed by atoms with van der Waals surface area (Å²) in [7, 11) is -9.92. The Bertz CT molecular complexity index is 1910. The maximum absolute atomic E-state index is 13.1. The second-order valence-corrected chi connectivity index (χ2v) is 32.6. The molecule has 0 aliphatic rings. The number of carbonyl (C=O) groups excluding carboxylic acids is 4. The zero-order valence-corrected chi connectivity index (χ0v) is 66.0. The van der Waals surface area contributed by atoms with Crippen LogP contribution in [0.15, 0.2) is 0 Å². The summed E-state index contributed by atoms with van der Waals surface area (Å²) in [4.78, 5) is 73.0. The predicted octanol–water partition coefficient (Wildman–Crippen LogP) is 23.4. The Morgan fingerprint density at radius 2 is 0.520 bits per heavy atom. The van der Waals surface area contributed by atoms with Gasteiger partial charge in [0, 0.05) is 25.7 Å². The van der Waals surface area contributed by atoms with Crippen LogP contribution in [0.1, 0.15) is 408 Å². The van der Waals surface area contributed by atoms with Gasteiger partial charge in [-0.3, -0.25) is 37.3 Å². The Kier molecular flexibility index (Phi) is 68.1. The van der Waals surface area contributed by atoms with Gasteiger partial charge < -0.3 is 33.8 Å². The van der Waals surface area contributed by atoms with Crippen LogP contribution in [0.4, 0.5) is 0 Å². The molecule has 0 aromatic rings. The number of esters is 4. The van der Waals surface area contributed by atoms with Crippen LogP contribution in [0, 0.1) is 17.8 Å². The van der Waals surface area contributed by atoms with E-state index in [-0.39, 0.29) is 25.7 Å². The molecule has 6 atom stereocenters. The number of phosphoric ester groups is 2. The van der Waals surface area contributed by atoms with Gasteiger partial charge in [0.05, 0.1) is 26.4 Å². The standard InChI is InChI=1S/C79H154O17P2/c1-8-10-11-12-13-14-15-20-26-32-41-48-55-62-78(83)96-75(67-90-77(82)61-54-47-40-35-34-38-45-52-59-72(7)9-2)69-94-98(87,88)92-65-73(80)64-91-97(85,86)93-68-74(66-89-76(81)60-53-46-39-31-28-23-25-30-37-44-51-58-71(5)6)95-79(84)63-56-49-42-33-27-22-19-17-16-18-21-24-29-36-43-50-57-70(3)4/h70-75,80H,8-69H2,1-7H3,(H,85,86)(H,87,88)/t72?,73-,74-,75-/m1/s1. The molecule has 0 bridgehead atoms. The number of ether oxygens (including phenoxy) is 4. The number of rotatable bonds is 77. The third-order valence-electron chi connectivity index (χ3n) is 18.7. The van der Waals surface area contributed by atoms with Gasteiger partial charge in [0.1, 0.15) is 19.3 Å². The summed E-state index contributed by atoms with van der Waals surface area (Å²) in [6.45, 7) is 12.0. The quantitative estimate of drug-likeness (QED) is 0.0222. The number of hydrogen-bond donors (Lipinski definition) is 3. The molecule has 0 aliphatic carbocycles. The molecule has 3 N–H and O–H groups in total. The number of aliphatic hydroxyl groups excluding tert-OH is 1. The lowest BCUT2D eigenvalue weighted by molar-refractivity contribution is -0.161. The van der Waals surface area contributed by atoms with Crippen molar-refractivity contribution in [3.05, 3.63) is 0 Å². The zero-order valence-electron chi connectivity index (χ0n) is 64.3. The van der Waals surface area contributed by atoms with E-state index in [1.165, 1.54) is 218 Å². The van der Waals surface area contributed by atoms with Gasteiger partial charge in [-0.15, -0.1) is 0 Å². The van der Waals surface area contributed by atoms with Crippen LogP contribution < -0.4 is 0 Å². The smallest absolute Gasteiger partial charge is 0.462 e. The molecule has 98 heavy (non-hydrogen) atoms. The second kappa shape index (κ2) is 69.4. The van der Waals surface area contributed by atoms with Gasteiger partial charge in [0.25, 0.3) is 0 Å². The van der Waals surface area contributed by atoms with Gasteiger partial charge in [0.15, 0.2) is 12.2 Å². The first-order valence-corrected chi connectivity index (χ1v) is 43.9. The first-order chi connectivity index (χ1) is 47.3. The van der Waals surface area contributed by atoms with Crippen molar-refractivity contribution in [1.29, 1.82) is 0 Å². The molecule has 582 valence electrons. The molecule has 0 aliphatic heterocycles. The molecule has 0 aromatic heterocycles. The van der Waals surface area contributed by atoms with Crippen LogP contribution in [0.3, 0.4) is 0 Å². The van der Waals surface area contributed by atoms with Gasteiger partial charge >= 0.3 is 39.5 Å². The largest absolute Gasteiger partial charge is 0.472 e. The highest BCUT2D eigenvalue weighted by Crippen LogP contribution is 2.45. The highest BCUT2D eigenvalue weighted by molar-refractivity contribution is 7.47. The molecule has 0 radical (unpaired) electrons. The molecule has 0 fully saturated rings. The highest BCUT2D eigenvalue weighted by atomic mass is 31.2. The van der Waals surface area contributed by atoms with Gasteiger partial charge in [-0.05, 0) is 43.4 Å². The van der Waals surface area contributed by atoms with E-state index in [1.54, 1.807) is 0 Å². The van der Waals surface area contributed by atoms with Crippen LogP contribution in [-0.4, -0.2) is 96.7 Å². The summed E-state index contributed by atoms with van der Waals surface area (Å²) in [5.41, 5.74) is 0. The van der Waals surface area contributed by atoms with Gasteiger partial charge in [0.2, 0.25) is 0 Å². The number of aliphatic hydroxyl groups is 1. The minimum Gasteiger partial charge on any atom is -0.462 e. The minimum absolute atomic E-state index is 0.107. The first kappa shape index (κ1) is 96.1. The van der Waals surface area contributed by atoms with E-state index in [0.29, 0.717) is 25.7 Å². The molecule has 0 spiro atoms. The fourth-order valence-corrected chi connectivity index (χ4v) is 13.7. The first-order valence-electron chi connectivity index (χ1n) is 40.9. The molecule has 17 nitrogen and oxygen atoms in total. The van der Waals surface area contributed by atoms with E-state index in [2.05, 4.69) is 48.5 Å². The average molecular weight is 1440 g/mol. The molecular weight excluding hydrogens is 1280 g/mol. The zero-order chi connectivity index (χ0) is 72.3. The van der Waals surface area contributed by atoms with Crippen molar-refractivity contribution in [2.24, 2.45) is 17.8 Å². The summed E-state index contributed by atoms with van der Waals surface area (Å²) in [6, 6.07) is 0. The summed E-state index contributed by atoms with van der Waals surface area (Å²) in [5, 5.41) is 10.6. The molecule has 0 saturated carbocycles. The lowest BCUT2D eigenvalue weighted by Crippen LogP contribution is -2.30. The summed E-state index contributed by atoms with van der Waals surface area (Å²) >= 11 is 0. The fourth-order valence-electron chi connectivity index (χ4n) is 12.1. The molecule has 0 aromatic carbocycles. The maximum atomic E-state index is 13.1. The van der Waals surface area contributed by atoms with Crippen LogP contribution in [-0.2, 0) is 65.4 Å². The fraction of sp³-hybridized carbons (Fsp3) is 0.949. The van der Waals surface area contributed by atoms with E-state index in [0.717, 1.165) is 108 Å². The average Bonchev–Trinajstić information content (AvgIpc) is 1.02. The third-order valence-corrected chi connectivity index (χ3v) is 20.6. The van der Waals surface area contributed by atoms with Gasteiger partial charge in [-0.2, -0.15) is 0 Å². The Hall–Kier alpha value is -1.94. The minimum atomic E-state index is -4.96. The number of unbranched alkanes of at least 4 members (excludes halogenated alkanes) is 44. The topological polar surface area (TPSA) is 237 Å². The number of hydrogen-bond acceptors (Lipinski definition) is 15. The number of phosphoric acid groups is 2. The lowest BCUT2D eigenvalue weighted by Gasteiger charge is -2.21. The van der Waals surface area contributed by atoms with Gasteiger partial charge in [-0.25, -0.2) is 9.13 Å². The van der Waals surface area contributed by atoms with E-state index < -0.39 is 97.5 Å². The second-order valence-electron chi connectivity index (χ2n) is 29.6. The number of carbonyl (C=O) groups is 4. The monoisotopic (exact) mass is 1440 g/mol. The van der Waals surface area contributed by atoms with E-state index in [4.69, 9.17) is 37.0 Å². The summed E-state index contributed by atoms with van der Waals surface area (Å²) in [6.07, 6.45) is 56.7. The van der Waals surface area contributed by atoms with E-state index in [1.807, 2.05) is 0 Å².